The molecule has 1 saturated heterocycles. The maximum absolute atomic E-state index is 11.8. The lowest BCUT2D eigenvalue weighted by atomic mass is 9.99. The van der Waals surface area contributed by atoms with Crippen LogP contribution in [-0.2, 0) is 4.79 Å². The highest BCUT2D eigenvalue weighted by molar-refractivity contribution is 5.82. The maximum Gasteiger partial charge on any atom is 0.237 e. The number of nitrogens with zero attached hydrogens (tertiary/aromatic N) is 1. The standard InChI is InChI=1S/C13H26N2O/c1-4-5-6-7-9-15-10-8-14-13(16)12(15)11(2)3/h11-12H,4-10H2,1-3H3,(H,14,16). The van der Waals surface area contributed by atoms with Crippen molar-refractivity contribution in [2.45, 2.75) is 52.5 Å². The second-order valence-corrected chi connectivity index (χ2v) is 5.08. The highest BCUT2D eigenvalue weighted by atomic mass is 16.2. The van der Waals surface area contributed by atoms with Gasteiger partial charge in [-0.1, -0.05) is 40.0 Å². The van der Waals surface area contributed by atoms with Crippen LogP contribution in [-0.4, -0.2) is 36.5 Å². The smallest absolute Gasteiger partial charge is 0.237 e. The summed E-state index contributed by atoms with van der Waals surface area (Å²) in [6, 6.07) is 0.0929. The van der Waals surface area contributed by atoms with Crippen molar-refractivity contribution in [3.05, 3.63) is 0 Å². The van der Waals surface area contributed by atoms with Gasteiger partial charge in [0.05, 0.1) is 6.04 Å². The van der Waals surface area contributed by atoms with E-state index in [2.05, 4.69) is 31.0 Å². The first-order valence-electron chi connectivity index (χ1n) is 6.68. The number of carbonyl (C=O) groups excluding carboxylic acids is 1. The Morgan fingerprint density at radius 2 is 2.12 bits per heavy atom. The fourth-order valence-electron chi connectivity index (χ4n) is 2.45. The number of hydrogen-bond donors (Lipinski definition) is 1. The maximum atomic E-state index is 11.8. The molecule has 1 aliphatic rings. The van der Waals surface area contributed by atoms with Crippen molar-refractivity contribution in [3.63, 3.8) is 0 Å². The molecule has 0 saturated carbocycles. The summed E-state index contributed by atoms with van der Waals surface area (Å²) < 4.78 is 0. The van der Waals surface area contributed by atoms with Crippen molar-refractivity contribution >= 4 is 5.91 Å². The minimum absolute atomic E-state index is 0.0929. The van der Waals surface area contributed by atoms with Gasteiger partial charge in [-0.3, -0.25) is 9.69 Å². The van der Waals surface area contributed by atoms with Gasteiger partial charge < -0.3 is 5.32 Å². The number of rotatable bonds is 6. The molecule has 94 valence electrons. The van der Waals surface area contributed by atoms with E-state index < -0.39 is 0 Å². The summed E-state index contributed by atoms with van der Waals surface area (Å²) in [6.07, 6.45) is 5.10. The lowest BCUT2D eigenvalue weighted by molar-refractivity contribution is -0.130. The molecular weight excluding hydrogens is 200 g/mol. The van der Waals surface area contributed by atoms with E-state index in [9.17, 15) is 4.79 Å². The topological polar surface area (TPSA) is 32.3 Å². The van der Waals surface area contributed by atoms with E-state index in [4.69, 9.17) is 0 Å². The first-order valence-corrected chi connectivity index (χ1v) is 6.68. The Morgan fingerprint density at radius 1 is 1.38 bits per heavy atom. The van der Waals surface area contributed by atoms with Crippen LogP contribution in [0.1, 0.15) is 46.5 Å². The molecule has 3 heteroatoms. The third-order valence-corrected chi connectivity index (χ3v) is 3.29. The molecule has 0 aromatic rings. The lowest BCUT2D eigenvalue weighted by Gasteiger charge is -2.37. The van der Waals surface area contributed by atoms with E-state index in [0.717, 1.165) is 19.6 Å². The van der Waals surface area contributed by atoms with Gasteiger partial charge in [0.15, 0.2) is 0 Å². The molecule has 0 aliphatic carbocycles. The molecule has 1 aliphatic heterocycles. The normalized spacial score (nSPS) is 22.5. The Morgan fingerprint density at radius 3 is 2.75 bits per heavy atom. The molecule has 0 radical (unpaired) electrons. The van der Waals surface area contributed by atoms with Gasteiger partial charge in [-0.25, -0.2) is 0 Å². The Balaban J connectivity index is 2.39. The van der Waals surface area contributed by atoms with Gasteiger partial charge in [-0.2, -0.15) is 0 Å². The molecule has 0 aromatic heterocycles. The molecule has 0 bridgehead atoms. The van der Waals surface area contributed by atoms with E-state index in [1.54, 1.807) is 0 Å². The molecule has 1 fully saturated rings. The van der Waals surface area contributed by atoms with Gasteiger partial charge in [-0.05, 0) is 18.9 Å². The molecule has 3 nitrogen and oxygen atoms in total. The minimum Gasteiger partial charge on any atom is -0.353 e. The van der Waals surface area contributed by atoms with Crippen LogP contribution in [0.15, 0.2) is 0 Å². The summed E-state index contributed by atoms with van der Waals surface area (Å²) >= 11 is 0. The third kappa shape index (κ3) is 3.78. The fourth-order valence-corrected chi connectivity index (χ4v) is 2.45. The second-order valence-electron chi connectivity index (χ2n) is 5.08. The molecule has 16 heavy (non-hydrogen) atoms. The highest BCUT2D eigenvalue weighted by Crippen LogP contribution is 2.15. The predicted molar refractivity (Wildman–Crippen MR) is 67.4 cm³/mol. The number of piperazine rings is 1. The van der Waals surface area contributed by atoms with Crippen LogP contribution in [0.25, 0.3) is 0 Å². The number of unbranched alkanes of at least 4 members (excludes halogenated alkanes) is 3. The molecule has 0 spiro atoms. The van der Waals surface area contributed by atoms with Gasteiger partial charge in [0.2, 0.25) is 5.91 Å². The molecule has 0 aromatic carbocycles. The van der Waals surface area contributed by atoms with Crippen LogP contribution in [0.5, 0.6) is 0 Å². The zero-order valence-electron chi connectivity index (χ0n) is 11.0. The molecule has 1 unspecified atom stereocenters. The van der Waals surface area contributed by atoms with Gasteiger partial charge in [-0.15, -0.1) is 0 Å². The Bertz CT molecular complexity index is 216. The zero-order chi connectivity index (χ0) is 12.0. The lowest BCUT2D eigenvalue weighted by Crippen LogP contribution is -2.57. The molecule has 1 rings (SSSR count). The summed E-state index contributed by atoms with van der Waals surface area (Å²) in [5.74, 6) is 0.628. The Labute approximate surface area is 99.6 Å². The molecule has 1 amide bonds. The van der Waals surface area contributed by atoms with Crippen LogP contribution >= 0.6 is 0 Å². The van der Waals surface area contributed by atoms with E-state index in [-0.39, 0.29) is 11.9 Å². The summed E-state index contributed by atoms with van der Waals surface area (Å²) in [4.78, 5) is 14.1. The SMILES string of the molecule is CCCCCCN1CCNC(=O)C1C(C)C. The Kier molecular flexibility index (Phi) is 5.81. The number of hydrogen-bond acceptors (Lipinski definition) is 2. The first kappa shape index (κ1) is 13.5. The third-order valence-electron chi connectivity index (χ3n) is 3.29. The number of nitrogens with one attached hydrogen (secondary N) is 1. The van der Waals surface area contributed by atoms with E-state index in [0.29, 0.717) is 5.92 Å². The van der Waals surface area contributed by atoms with Crippen LogP contribution < -0.4 is 5.32 Å². The predicted octanol–water partition coefficient (Wildman–Crippen LogP) is 2.02. The van der Waals surface area contributed by atoms with Crippen LogP contribution in [0.2, 0.25) is 0 Å². The van der Waals surface area contributed by atoms with Gasteiger partial charge in [0.25, 0.3) is 0 Å². The van der Waals surface area contributed by atoms with Crippen molar-refractivity contribution < 1.29 is 4.79 Å². The molecule has 1 heterocycles. The van der Waals surface area contributed by atoms with Gasteiger partial charge in [0, 0.05) is 13.1 Å². The van der Waals surface area contributed by atoms with Crippen molar-refractivity contribution in [1.82, 2.24) is 10.2 Å². The second kappa shape index (κ2) is 6.89. The van der Waals surface area contributed by atoms with Gasteiger partial charge >= 0.3 is 0 Å². The summed E-state index contributed by atoms with van der Waals surface area (Å²) in [5.41, 5.74) is 0. The fraction of sp³-hybridized carbons (Fsp3) is 0.923. The molecule has 1 N–H and O–H groups in total. The van der Waals surface area contributed by atoms with Crippen molar-refractivity contribution in [3.8, 4) is 0 Å². The minimum atomic E-state index is 0.0929. The first-order chi connectivity index (χ1) is 7.66. The Hall–Kier alpha value is -0.570. The molecule has 1 atom stereocenters. The van der Waals surface area contributed by atoms with Crippen molar-refractivity contribution in [1.29, 1.82) is 0 Å². The van der Waals surface area contributed by atoms with Crippen LogP contribution in [0.3, 0.4) is 0 Å². The van der Waals surface area contributed by atoms with Crippen molar-refractivity contribution in [2.24, 2.45) is 5.92 Å². The number of amides is 1. The van der Waals surface area contributed by atoms with E-state index >= 15 is 0 Å². The average molecular weight is 226 g/mol. The highest BCUT2D eigenvalue weighted by Gasteiger charge is 2.31. The average Bonchev–Trinajstić information content (AvgIpc) is 2.24. The monoisotopic (exact) mass is 226 g/mol. The molecular formula is C13H26N2O. The van der Waals surface area contributed by atoms with Crippen molar-refractivity contribution in [2.75, 3.05) is 19.6 Å². The zero-order valence-corrected chi connectivity index (χ0v) is 11.0. The van der Waals surface area contributed by atoms with Gasteiger partial charge in [0.1, 0.15) is 0 Å². The summed E-state index contributed by atoms with van der Waals surface area (Å²) in [5, 5.41) is 2.96. The largest absolute Gasteiger partial charge is 0.353 e. The van der Waals surface area contributed by atoms with E-state index in [1.165, 1.54) is 25.7 Å². The van der Waals surface area contributed by atoms with Crippen LogP contribution in [0, 0.1) is 5.92 Å². The quantitative estimate of drug-likeness (QED) is 0.703. The summed E-state index contributed by atoms with van der Waals surface area (Å²) in [6.45, 7) is 9.40. The summed E-state index contributed by atoms with van der Waals surface area (Å²) in [7, 11) is 0. The van der Waals surface area contributed by atoms with E-state index in [1.807, 2.05) is 0 Å². The number of carbonyl (C=O) groups is 1. The van der Waals surface area contributed by atoms with Crippen LogP contribution in [0.4, 0.5) is 0 Å².